The highest BCUT2D eigenvalue weighted by Gasteiger charge is 2.24. The van der Waals surface area contributed by atoms with Crippen molar-refractivity contribution in [3.8, 4) is 0 Å². The molecule has 0 saturated carbocycles. The number of aliphatic hydroxyl groups is 1. The summed E-state index contributed by atoms with van der Waals surface area (Å²) in [6.45, 7) is 4.74. The van der Waals surface area contributed by atoms with Crippen LogP contribution in [0.1, 0.15) is 17.3 Å². The molecule has 1 aromatic rings. The number of halogens is 2. The molecule has 0 spiro atoms. The summed E-state index contributed by atoms with van der Waals surface area (Å²) >= 11 is 5.81. The van der Waals surface area contributed by atoms with E-state index in [0.717, 1.165) is 0 Å². The fourth-order valence-electron chi connectivity index (χ4n) is 2.34. The van der Waals surface area contributed by atoms with Crippen LogP contribution in [0.3, 0.4) is 0 Å². The highest BCUT2D eigenvalue weighted by Crippen LogP contribution is 2.17. The molecule has 0 bridgehead atoms. The highest BCUT2D eigenvalue weighted by molar-refractivity contribution is 6.31. The Hall–Kier alpha value is -1.17. The van der Waals surface area contributed by atoms with E-state index in [1.807, 2.05) is 0 Å². The summed E-state index contributed by atoms with van der Waals surface area (Å²) in [4.78, 5) is 16.0. The van der Waals surface area contributed by atoms with Gasteiger partial charge in [-0.2, -0.15) is 0 Å². The van der Waals surface area contributed by atoms with Gasteiger partial charge in [-0.05, 0) is 25.1 Å². The van der Waals surface area contributed by atoms with E-state index in [4.69, 9.17) is 11.6 Å². The van der Waals surface area contributed by atoms with Crippen LogP contribution < -0.4 is 0 Å². The number of β-amino-alcohol motifs (C(OH)–C–C–N with tert-alkyl or cyclic N) is 1. The van der Waals surface area contributed by atoms with E-state index in [9.17, 15) is 14.3 Å². The molecule has 0 aromatic heterocycles. The monoisotopic (exact) mass is 300 g/mol. The molecule has 20 heavy (non-hydrogen) atoms. The lowest BCUT2D eigenvalue weighted by molar-refractivity contribution is 0.0550. The van der Waals surface area contributed by atoms with Gasteiger partial charge in [-0.25, -0.2) is 4.39 Å². The van der Waals surface area contributed by atoms with Crippen LogP contribution in [0, 0.1) is 5.82 Å². The molecule has 1 aliphatic heterocycles. The summed E-state index contributed by atoms with van der Waals surface area (Å²) in [6.07, 6.45) is -0.386. The molecule has 1 aromatic carbocycles. The van der Waals surface area contributed by atoms with E-state index < -0.39 is 5.82 Å². The van der Waals surface area contributed by atoms with Crippen molar-refractivity contribution in [2.75, 3.05) is 32.7 Å². The number of carbonyl (C=O) groups is 1. The summed E-state index contributed by atoms with van der Waals surface area (Å²) in [5.41, 5.74) is 0.0153. The van der Waals surface area contributed by atoms with Crippen LogP contribution in [0.2, 0.25) is 5.02 Å². The van der Waals surface area contributed by atoms with Crippen LogP contribution >= 0.6 is 11.6 Å². The van der Waals surface area contributed by atoms with Gasteiger partial charge >= 0.3 is 0 Å². The SMILES string of the molecule is C[C@H](O)CN1CCN(C(=O)c2cc(Cl)ccc2F)CC1. The minimum absolute atomic E-state index is 0.0153. The number of benzene rings is 1. The molecular weight excluding hydrogens is 283 g/mol. The molecule has 0 radical (unpaired) electrons. The van der Waals surface area contributed by atoms with Gasteiger partial charge in [0.25, 0.3) is 5.91 Å². The number of hydrogen-bond acceptors (Lipinski definition) is 3. The summed E-state index contributed by atoms with van der Waals surface area (Å²) < 4.78 is 13.7. The lowest BCUT2D eigenvalue weighted by Crippen LogP contribution is -2.50. The van der Waals surface area contributed by atoms with E-state index in [2.05, 4.69) is 4.90 Å². The van der Waals surface area contributed by atoms with Crippen molar-refractivity contribution in [3.63, 3.8) is 0 Å². The molecule has 1 amide bonds. The fourth-order valence-corrected chi connectivity index (χ4v) is 2.51. The van der Waals surface area contributed by atoms with E-state index in [0.29, 0.717) is 37.7 Å². The van der Waals surface area contributed by atoms with Gasteiger partial charge in [0.15, 0.2) is 0 Å². The molecule has 0 aliphatic carbocycles. The maximum absolute atomic E-state index is 13.7. The van der Waals surface area contributed by atoms with Gasteiger partial charge in [0, 0.05) is 37.7 Å². The second kappa shape index (κ2) is 6.52. The lowest BCUT2D eigenvalue weighted by atomic mass is 10.1. The minimum atomic E-state index is -0.550. The first-order chi connectivity index (χ1) is 9.47. The Kier molecular flexibility index (Phi) is 4.96. The Morgan fingerprint density at radius 2 is 2.05 bits per heavy atom. The van der Waals surface area contributed by atoms with Crippen molar-refractivity contribution in [1.29, 1.82) is 0 Å². The van der Waals surface area contributed by atoms with Gasteiger partial charge in [0.05, 0.1) is 11.7 Å². The van der Waals surface area contributed by atoms with E-state index in [1.54, 1.807) is 11.8 Å². The Morgan fingerprint density at radius 1 is 1.40 bits per heavy atom. The molecule has 6 heteroatoms. The standard InChI is InChI=1S/C14H18ClFN2O2/c1-10(19)9-17-4-6-18(7-5-17)14(20)12-8-11(15)2-3-13(12)16/h2-3,8,10,19H,4-7,9H2,1H3/t10-/m0/s1. The smallest absolute Gasteiger partial charge is 0.256 e. The van der Waals surface area contributed by atoms with Crippen LogP contribution in [0.25, 0.3) is 0 Å². The quantitative estimate of drug-likeness (QED) is 0.922. The Morgan fingerprint density at radius 3 is 2.65 bits per heavy atom. The molecule has 0 unspecified atom stereocenters. The molecule has 4 nitrogen and oxygen atoms in total. The minimum Gasteiger partial charge on any atom is -0.392 e. The number of hydrogen-bond donors (Lipinski definition) is 1. The largest absolute Gasteiger partial charge is 0.392 e. The second-order valence-electron chi connectivity index (χ2n) is 5.07. The normalized spacial score (nSPS) is 18.1. The first-order valence-electron chi connectivity index (χ1n) is 6.62. The van der Waals surface area contributed by atoms with Crippen molar-refractivity contribution >= 4 is 17.5 Å². The van der Waals surface area contributed by atoms with Crippen LogP contribution in [0.5, 0.6) is 0 Å². The van der Waals surface area contributed by atoms with Crippen LogP contribution in [-0.4, -0.2) is 59.6 Å². The van der Waals surface area contributed by atoms with Crippen LogP contribution in [-0.2, 0) is 0 Å². The van der Waals surface area contributed by atoms with Gasteiger partial charge in [-0.3, -0.25) is 9.69 Å². The first-order valence-corrected chi connectivity index (χ1v) is 7.00. The maximum atomic E-state index is 13.7. The first kappa shape index (κ1) is 15.2. The number of piperazine rings is 1. The maximum Gasteiger partial charge on any atom is 0.256 e. The number of rotatable bonds is 3. The van der Waals surface area contributed by atoms with Crippen molar-refractivity contribution in [1.82, 2.24) is 9.80 Å². The topological polar surface area (TPSA) is 43.8 Å². The van der Waals surface area contributed by atoms with Crippen molar-refractivity contribution in [2.24, 2.45) is 0 Å². The molecule has 1 N–H and O–H groups in total. The fraction of sp³-hybridized carbons (Fsp3) is 0.500. The summed E-state index contributed by atoms with van der Waals surface area (Å²) in [5, 5.41) is 9.69. The molecule has 1 aliphatic rings. The van der Waals surface area contributed by atoms with E-state index >= 15 is 0 Å². The van der Waals surface area contributed by atoms with Gasteiger partial charge < -0.3 is 10.0 Å². The molecule has 2 rings (SSSR count). The number of amides is 1. The highest BCUT2D eigenvalue weighted by atomic mass is 35.5. The second-order valence-corrected chi connectivity index (χ2v) is 5.50. The lowest BCUT2D eigenvalue weighted by Gasteiger charge is -2.35. The summed E-state index contributed by atoms with van der Waals surface area (Å²) in [6, 6.07) is 3.99. The third-order valence-corrected chi connectivity index (χ3v) is 3.58. The van der Waals surface area contributed by atoms with Crippen LogP contribution in [0.15, 0.2) is 18.2 Å². The zero-order chi connectivity index (χ0) is 14.7. The molecular formula is C14H18ClFN2O2. The molecule has 1 atom stereocenters. The van der Waals surface area contributed by atoms with Gasteiger partial charge in [0.1, 0.15) is 5.82 Å². The van der Waals surface area contributed by atoms with E-state index in [-0.39, 0.29) is 17.6 Å². The zero-order valence-electron chi connectivity index (χ0n) is 11.4. The van der Waals surface area contributed by atoms with Gasteiger partial charge in [-0.15, -0.1) is 0 Å². The Labute approximate surface area is 122 Å². The van der Waals surface area contributed by atoms with E-state index in [1.165, 1.54) is 18.2 Å². The Balaban J connectivity index is 2.00. The number of nitrogens with zero attached hydrogens (tertiary/aromatic N) is 2. The number of aliphatic hydroxyl groups excluding tert-OH is 1. The summed E-state index contributed by atoms with van der Waals surface area (Å²) in [7, 11) is 0. The van der Waals surface area contributed by atoms with Crippen molar-refractivity contribution in [2.45, 2.75) is 13.0 Å². The third-order valence-electron chi connectivity index (χ3n) is 3.34. The average molecular weight is 301 g/mol. The van der Waals surface area contributed by atoms with Gasteiger partial charge in [0.2, 0.25) is 0 Å². The van der Waals surface area contributed by atoms with Crippen molar-refractivity contribution < 1.29 is 14.3 Å². The predicted octanol–water partition coefficient (Wildman–Crippen LogP) is 1.62. The van der Waals surface area contributed by atoms with Crippen molar-refractivity contribution in [3.05, 3.63) is 34.6 Å². The number of carbonyl (C=O) groups excluding carboxylic acids is 1. The Bertz CT molecular complexity index is 488. The summed E-state index contributed by atoms with van der Waals surface area (Å²) in [5.74, 6) is -0.882. The zero-order valence-corrected chi connectivity index (χ0v) is 12.1. The predicted molar refractivity (Wildman–Crippen MR) is 75.4 cm³/mol. The molecule has 1 fully saturated rings. The molecule has 1 saturated heterocycles. The van der Waals surface area contributed by atoms with Crippen LogP contribution in [0.4, 0.5) is 4.39 Å². The van der Waals surface area contributed by atoms with Gasteiger partial charge in [-0.1, -0.05) is 11.6 Å². The third kappa shape index (κ3) is 3.69. The molecule has 1 heterocycles. The molecule has 110 valence electrons. The average Bonchev–Trinajstić information content (AvgIpc) is 2.41.